The van der Waals surface area contributed by atoms with E-state index >= 15 is 0 Å². The Kier molecular flexibility index (Phi) is 7.31. The molecule has 3 rings (SSSR count). The van der Waals surface area contributed by atoms with E-state index in [-0.39, 0.29) is 24.2 Å². The third-order valence-electron chi connectivity index (χ3n) is 5.65. The third-order valence-corrected chi connectivity index (χ3v) is 5.65. The van der Waals surface area contributed by atoms with Crippen LogP contribution in [0, 0.1) is 0 Å². The Morgan fingerprint density at radius 3 is 2.36 bits per heavy atom. The Morgan fingerprint density at radius 1 is 1.15 bits per heavy atom. The van der Waals surface area contributed by atoms with E-state index in [9.17, 15) is 22.8 Å². The topological polar surface area (TPSA) is 59.1 Å². The van der Waals surface area contributed by atoms with Crippen molar-refractivity contribution in [3.63, 3.8) is 0 Å². The molecule has 0 aliphatic carbocycles. The Bertz CT molecular complexity index is 1010. The van der Waals surface area contributed by atoms with Crippen LogP contribution in [0.25, 0.3) is 0 Å². The van der Waals surface area contributed by atoms with Gasteiger partial charge in [0.2, 0.25) is 0 Å². The summed E-state index contributed by atoms with van der Waals surface area (Å²) in [7, 11) is 5.11. The molecule has 0 unspecified atom stereocenters. The number of nitrogens with zero attached hydrogens (tertiary/aromatic N) is 2. The van der Waals surface area contributed by atoms with E-state index in [4.69, 9.17) is 9.47 Å². The van der Waals surface area contributed by atoms with Crippen LogP contribution in [-0.4, -0.2) is 57.2 Å². The Hall–Kier alpha value is -3.07. The van der Waals surface area contributed by atoms with Gasteiger partial charge in [0.25, 0.3) is 5.91 Å². The van der Waals surface area contributed by atoms with Crippen molar-refractivity contribution in [1.82, 2.24) is 4.90 Å². The molecule has 178 valence electrons. The molecule has 1 heterocycles. The average molecular weight is 464 g/mol. The summed E-state index contributed by atoms with van der Waals surface area (Å²) in [6, 6.07) is 10.5. The highest BCUT2D eigenvalue weighted by Gasteiger charge is 2.43. The summed E-state index contributed by atoms with van der Waals surface area (Å²) >= 11 is 0. The predicted octanol–water partition coefficient (Wildman–Crippen LogP) is 3.88. The molecule has 0 bridgehead atoms. The molecule has 0 fully saturated rings. The molecule has 6 nitrogen and oxygen atoms in total. The largest absolute Gasteiger partial charge is 0.497 e. The van der Waals surface area contributed by atoms with Crippen LogP contribution >= 0.6 is 0 Å². The summed E-state index contributed by atoms with van der Waals surface area (Å²) in [5, 5.41) is 0. The van der Waals surface area contributed by atoms with Gasteiger partial charge in [-0.05, 0) is 55.9 Å². The minimum atomic E-state index is -4.60. The standard InChI is InChI=1S/C24H27F3N2O4/c1-15(30)33-22-18(16-8-10-17(32-4)11-9-16)14-19-20(24(25,26)27)6-5-7-21(19)29(23(22)31)13-12-28(2)3/h5-11,18,22H,12-14H2,1-4H3/t18-,22+/m0/s1. The maximum Gasteiger partial charge on any atom is 0.416 e. The molecule has 9 heteroatoms. The summed E-state index contributed by atoms with van der Waals surface area (Å²) in [4.78, 5) is 28.7. The number of fused-ring (bicyclic) bond motifs is 1. The third kappa shape index (κ3) is 5.47. The summed E-state index contributed by atoms with van der Waals surface area (Å²) < 4.78 is 52.5. The SMILES string of the molecule is COc1ccc([C@@H]2Cc3c(cccc3C(F)(F)F)N(CCN(C)C)C(=O)[C@@H]2OC(C)=O)cc1. The van der Waals surface area contributed by atoms with Gasteiger partial charge in [-0.3, -0.25) is 9.59 Å². The molecule has 33 heavy (non-hydrogen) atoms. The van der Waals surface area contributed by atoms with Crippen molar-refractivity contribution in [2.24, 2.45) is 0 Å². The summed E-state index contributed by atoms with van der Waals surface area (Å²) in [5.41, 5.74) is -0.0326. The van der Waals surface area contributed by atoms with Gasteiger partial charge in [-0.25, -0.2) is 0 Å². The summed E-state index contributed by atoms with van der Waals surface area (Å²) in [6.07, 6.45) is -6.00. The molecule has 2 aromatic rings. The minimum absolute atomic E-state index is 0.00702. The maximum atomic E-state index is 14.0. The number of ether oxygens (including phenoxy) is 2. The number of hydrogen-bond donors (Lipinski definition) is 0. The fraction of sp³-hybridized carbons (Fsp3) is 0.417. The van der Waals surface area contributed by atoms with E-state index in [0.717, 1.165) is 6.07 Å². The second kappa shape index (κ2) is 9.82. The zero-order chi connectivity index (χ0) is 24.3. The summed E-state index contributed by atoms with van der Waals surface area (Å²) in [6.45, 7) is 1.75. The van der Waals surface area contributed by atoms with Gasteiger partial charge in [0.1, 0.15) is 5.75 Å². The van der Waals surface area contributed by atoms with Crippen molar-refractivity contribution in [3.05, 3.63) is 59.2 Å². The zero-order valence-electron chi connectivity index (χ0n) is 19.0. The number of likely N-dealkylation sites (N-methyl/N-ethyl adjacent to an activating group) is 1. The lowest BCUT2D eigenvalue weighted by Gasteiger charge is -2.29. The first kappa shape index (κ1) is 24.6. The number of hydrogen-bond acceptors (Lipinski definition) is 5. The van der Waals surface area contributed by atoms with E-state index in [1.807, 2.05) is 4.90 Å². The van der Waals surface area contributed by atoms with Crippen LogP contribution in [0.15, 0.2) is 42.5 Å². The van der Waals surface area contributed by atoms with Crippen molar-refractivity contribution in [1.29, 1.82) is 0 Å². The molecule has 2 aromatic carbocycles. The van der Waals surface area contributed by atoms with Crippen molar-refractivity contribution < 1.29 is 32.2 Å². The van der Waals surface area contributed by atoms with E-state index in [0.29, 0.717) is 17.9 Å². The molecular weight excluding hydrogens is 437 g/mol. The molecule has 0 spiro atoms. The number of amides is 1. The number of anilines is 1. The molecule has 0 saturated heterocycles. The van der Waals surface area contributed by atoms with Gasteiger partial charge < -0.3 is 19.3 Å². The van der Waals surface area contributed by atoms with Gasteiger partial charge in [-0.2, -0.15) is 13.2 Å². The van der Waals surface area contributed by atoms with Crippen LogP contribution in [0.5, 0.6) is 5.75 Å². The van der Waals surface area contributed by atoms with Crippen molar-refractivity contribution in [2.75, 3.05) is 39.2 Å². The van der Waals surface area contributed by atoms with Crippen LogP contribution in [0.2, 0.25) is 0 Å². The van der Waals surface area contributed by atoms with Crippen LogP contribution in [-0.2, 0) is 26.9 Å². The number of alkyl halides is 3. The molecule has 1 aliphatic heterocycles. The van der Waals surface area contributed by atoms with E-state index in [2.05, 4.69) is 0 Å². The average Bonchev–Trinajstić information content (AvgIpc) is 2.86. The van der Waals surface area contributed by atoms with Gasteiger partial charge >= 0.3 is 12.1 Å². The molecule has 1 aliphatic rings. The van der Waals surface area contributed by atoms with Crippen molar-refractivity contribution in [3.8, 4) is 5.75 Å². The van der Waals surface area contributed by atoms with E-state index in [1.165, 1.54) is 31.1 Å². The molecule has 0 aromatic heterocycles. The van der Waals surface area contributed by atoms with Gasteiger partial charge in [0, 0.05) is 31.6 Å². The van der Waals surface area contributed by atoms with Crippen LogP contribution in [0.4, 0.5) is 18.9 Å². The number of benzene rings is 2. The van der Waals surface area contributed by atoms with Gasteiger partial charge in [-0.15, -0.1) is 0 Å². The minimum Gasteiger partial charge on any atom is -0.497 e. The number of esters is 1. The summed E-state index contributed by atoms with van der Waals surface area (Å²) in [5.74, 6) is -1.47. The van der Waals surface area contributed by atoms with Crippen molar-refractivity contribution in [2.45, 2.75) is 31.5 Å². The smallest absolute Gasteiger partial charge is 0.416 e. The molecule has 0 N–H and O–H groups in total. The second-order valence-corrected chi connectivity index (χ2v) is 8.21. The fourth-order valence-electron chi connectivity index (χ4n) is 4.06. The van der Waals surface area contributed by atoms with E-state index < -0.39 is 35.6 Å². The Balaban J connectivity index is 2.20. The fourth-order valence-corrected chi connectivity index (χ4v) is 4.06. The van der Waals surface area contributed by atoms with Gasteiger partial charge in [-0.1, -0.05) is 18.2 Å². The first-order valence-corrected chi connectivity index (χ1v) is 10.5. The lowest BCUT2D eigenvalue weighted by Crippen LogP contribution is -2.45. The first-order valence-electron chi connectivity index (χ1n) is 10.5. The highest BCUT2D eigenvalue weighted by Crippen LogP contribution is 2.43. The number of carbonyl (C=O) groups is 2. The van der Waals surface area contributed by atoms with E-state index in [1.54, 1.807) is 38.4 Å². The maximum absolute atomic E-state index is 14.0. The first-order chi connectivity index (χ1) is 15.5. The zero-order valence-corrected chi connectivity index (χ0v) is 19.0. The second-order valence-electron chi connectivity index (χ2n) is 8.21. The highest BCUT2D eigenvalue weighted by molar-refractivity contribution is 6.00. The molecule has 0 radical (unpaired) electrons. The number of halogens is 3. The molecule has 0 saturated carbocycles. The number of carbonyl (C=O) groups excluding carboxylic acids is 2. The number of rotatable bonds is 6. The Labute approximate surface area is 190 Å². The molecular formula is C24H27F3N2O4. The molecule has 1 amide bonds. The quantitative estimate of drug-likeness (QED) is 0.608. The van der Waals surface area contributed by atoms with Gasteiger partial charge in [0.05, 0.1) is 12.7 Å². The van der Waals surface area contributed by atoms with Crippen LogP contribution in [0.1, 0.15) is 29.5 Å². The Morgan fingerprint density at radius 2 is 1.82 bits per heavy atom. The number of methoxy groups -OCH3 is 1. The van der Waals surface area contributed by atoms with Crippen LogP contribution in [0.3, 0.4) is 0 Å². The lowest BCUT2D eigenvalue weighted by atomic mass is 9.86. The molecule has 2 atom stereocenters. The van der Waals surface area contributed by atoms with Crippen molar-refractivity contribution >= 4 is 17.6 Å². The highest BCUT2D eigenvalue weighted by atomic mass is 19.4. The predicted molar refractivity (Wildman–Crippen MR) is 117 cm³/mol. The van der Waals surface area contributed by atoms with Crippen LogP contribution < -0.4 is 9.64 Å². The van der Waals surface area contributed by atoms with Gasteiger partial charge in [0.15, 0.2) is 6.10 Å². The normalized spacial score (nSPS) is 18.7. The monoisotopic (exact) mass is 464 g/mol. The lowest BCUT2D eigenvalue weighted by molar-refractivity contribution is -0.154.